The molecule has 2 aliphatic carbocycles. The molecule has 2 aliphatic rings. The molecule has 0 unspecified atom stereocenters. The van der Waals surface area contributed by atoms with Crippen LogP contribution >= 0.6 is 0 Å². The molecule has 2 heteroatoms. The fraction of sp³-hybridized carbons (Fsp3) is 1.00. The summed E-state index contributed by atoms with van der Waals surface area (Å²) in [6.45, 7) is 10.2. The molecule has 0 spiro atoms. The molecule has 2 nitrogen and oxygen atoms in total. The molecule has 2 saturated carbocycles. The number of nitrogens with one attached hydrogen (secondary N) is 1. The van der Waals surface area contributed by atoms with Crippen LogP contribution in [0.25, 0.3) is 0 Å². The van der Waals surface area contributed by atoms with E-state index in [4.69, 9.17) is 0 Å². The summed E-state index contributed by atoms with van der Waals surface area (Å²) in [4.78, 5) is 0. The highest BCUT2D eigenvalue weighted by Crippen LogP contribution is 2.38. The van der Waals surface area contributed by atoms with Crippen molar-refractivity contribution in [2.75, 3.05) is 6.54 Å². The van der Waals surface area contributed by atoms with Gasteiger partial charge in [-0.05, 0) is 68.6 Å². The largest absolute Gasteiger partial charge is 0.389 e. The first-order chi connectivity index (χ1) is 9.28. The summed E-state index contributed by atoms with van der Waals surface area (Å²) >= 11 is 0. The molecular weight excluding hydrogens is 246 g/mol. The normalized spacial score (nSPS) is 39.8. The predicted octanol–water partition coefficient (Wildman–Crippen LogP) is 4.12. The van der Waals surface area contributed by atoms with Crippen LogP contribution in [0.5, 0.6) is 0 Å². The lowest BCUT2D eigenvalue weighted by atomic mass is 9.71. The molecule has 2 N–H and O–H groups in total. The third-order valence-electron chi connectivity index (χ3n) is 5.88. The van der Waals surface area contributed by atoms with E-state index in [2.05, 4.69) is 33.0 Å². The lowest BCUT2D eigenvalue weighted by Gasteiger charge is -2.40. The van der Waals surface area contributed by atoms with Gasteiger partial charge in [-0.25, -0.2) is 0 Å². The third-order valence-corrected chi connectivity index (χ3v) is 5.88. The smallest absolute Gasteiger partial charge is 0.0771 e. The van der Waals surface area contributed by atoms with Crippen molar-refractivity contribution >= 4 is 0 Å². The topological polar surface area (TPSA) is 32.3 Å². The molecule has 0 aliphatic heterocycles. The maximum atomic E-state index is 10.6. The van der Waals surface area contributed by atoms with Gasteiger partial charge < -0.3 is 10.4 Å². The molecule has 0 saturated heterocycles. The molecule has 0 amide bonds. The van der Waals surface area contributed by atoms with E-state index in [0.717, 1.165) is 31.2 Å². The van der Waals surface area contributed by atoms with Gasteiger partial charge in [-0.2, -0.15) is 0 Å². The third kappa shape index (κ3) is 4.46. The summed E-state index contributed by atoms with van der Waals surface area (Å²) in [6, 6.07) is 0.636. The van der Waals surface area contributed by atoms with Gasteiger partial charge in [0.05, 0.1) is 5.60 Å². The average Bonchev–Trinajstić information content (AvgIpc) is 2.40. The zero-order valence-electron chi connectivity index (χ0n) is 14.0. The van der Waals surface area contributed by atoms with E-state index in [0.29, 0.717) is 11.5 Å². The first-order valence-corrected chi connectivity index (χ1v) is 8.74. The van der Waals surface area contributed by atoms with Crippen LogP contribution in [0, 0.1) is 17.3 Å². The van der Waals surface area contributed by atoms with E-state index in [-0.39, 0.29) is 0 Å². The van der Waals surface area contributed by atoms with Gasteiger partial charge in [0.15, 0.2) is 0 Å². The lowest BCUT2D eigenvalue weighted by molar-refractivity contribution is -0.00997. The van der Waals surface area contributed by atoms with E-state index in [1.807, 2.05) is 0 Å². The first-order valence-electron chi connectivity index (χ1n) is 8.74. The summed E-state index contributed by atoms with van der Waals surface area (Å²) < 4.78 is 0. The van der Waals surface area contributed by atoms with Gasteiger partial charge in [0.1, 0.15) is 0 Å². The van der Waals surface area contributed by atoms with Crippen LogP contribution in [0.3, 0.4) is 0 Å². The molecule has 2 rings (SSSR count). The summed E-state index contributed by atoms with van der Waals surface area (Å²) in [5.41, 5.74) is 0.0378. The summed E-state index contributed by atoms with van der Waals surface area (Å²) in [5, 5.41) is 14.3. The molecule has 0 radical (unpaired) electrons. The highest BCUT2D eigenvalue weighted by atomic mass is 16.3. The summed E-state index contributed by atoms with van der Waals surface area (Å²) in [7, 11) is 0. The van der Waals surface area contributed by atoms with Crippen molar-refractivity contribution in [3.05, 3.63) is 0 Å². The Bertz CT molecular complexity index is 291. The minimum absolute atomic E-state index is 0.423. The Labute approximate surface area is 125 Å². The Hall–Kier alpha value is -0.0800. The zero-order chi connectivity index (χ0) is 14.8. The van der Waals surface area contributed by atoms with E-state index in [9.17, 15) is 5.11 Å². The van der Waals surface area contributed by atoms with E-state index in [1.54, 1.807) is 0 Å². The minimum Gasteiger partial charge on any atom is -0.389 e. The second-order valence-electron chi connectivity index (χ2n) is 8.70. The molecule has 0 heterocycles. The van der Waals surface area contributed by atoms with Crippen LogP contribution in [-0.4, -0.2) is 23.3 Å². The van der Waals surface area contributed by atoms with Gasteiger partial charge >= 0.3 is 0 Å². The number of aliphatic hydroxyl groups is 1. The first kappa shape index (κ1) is 16.3. The van der Waals surface area contributed by atoms with Crippen LogP contribution in [0.2, 0.25) is 0 Å². The van der Waals surface area contributed by atoms with Gasteiger partial charge in [-0.1, -0.05) is 27.7 Å². The zero-order valence-corrected chi connectivity index (χ0v) is 14.0. The van der Waals surface area contributed by atoms with Crippen molar-refractivity contribution < 1.29 is 5.11 Å². The fourth-order valence-corrected chi connectivity index (χ4v) is 3.97. The Morgan fingerprint density at radius 2 is 1.55 bits per heavy atom. The summed E-state index contributed by atoms with van der Waals surface area (Å²) in [6.07, 6.45) is 9.61. The quantitative estimate of drug-likeness (QED) is 0.815. The molecule has 2 fully saturated rings. The Morgan fingerprint density at radius 3 is 2.05 bits per heavy atom. The highest BCUT2D eigenvalue weighted by Gasteiger charge is 2.34. The standard InChI is InChI=1S/C18H35NO/c1-14-9-11-18(20,12-10-14)13-19-16-7-5-15(6-8-16)17(2,3)4/h14-16,19-20H,5-13H2,1-4H3. The molecule has 0 aromatic carbocycles. The van der Waals surface area contributed by atoms with Crippen LogP contribution < -0.4 is 5.32 Å². The van der Waals surface area contributed by atoms with Gasteiger partial charge in [0.2, 0.25) is 0 Å². The Balaban J connectivity index is 1.71. The maximum Gasteiger partial charge on any atom is 0.0771 e. The maximum absolute atomic E-state index is 10.6. The van der Waals surface area contributed by atoms with Crippen LogP contribution in [-0.2, 0) is 0 Å². The van der Waals surface area contributed by atoms with Gasteiger partial charge in [0.25, 0.3) is 0 Å². The molecule has 0 bridgehead atoms. The average molecular weight is 281 g/mol. The minimum atomic E-state index is -0.423. The molecule has 0 aromatic heterocycles. The van der Waals surface area contributed by atoms with E-state index < -0.39 is 5.60 Å². The number of rotatable bonds is 3. The molecule has 0 aromatic rings. The van der Waals surface area contributed by atoms with E-state index >= 15 is 0 Å². The second-order valence-corrected chi connectivity index (χ2v) is 8.70. The van der Waals surface area contributed by atoms with Crippen molar-refractivity contribution in [2.45, 2.75) is 90.7 Å². The van der Waals surface area contributed by atoms with Crippen molar-refractivity contribution in [2.24, 2.45) is 17.3 Å². The molecule has 20 heavy (non-hydrogen) atoms. The number of hydrogen-bond donors (Lipinski definition) is 2. The van der Waals surface area contributed by atoms with Gasteiger partial charge in [-0.3, -0.25) is 0 Å². The van der Waals surface area contributed by atoms with Crippen LogP contribution in [0.1, 0.15) is 79.1 Å². The second kappa shape index (κ2) is 6.36. The highest BCUT2D eigenvalue weighted by molar-refractivity contribution is 4.89. The summed E-state index contributed by atoms with van der Waals surface area (Å²) in [5.74, 6) is 1.68. The van der Waals surface area contributed by atoms with Crippen molar-refractivity contribution in [1.82, 2.24) is 5.32 Å². The Kier molecular flexibility index (Phi) is 5.18. The van der Waals surface area contributed by atoms with Crippen LogP contribution in [0.4, 0.5) is 0 Å². The van der Waals surface area contributed by atoms with Gasteiger partial charge in [-0.15, -0.1) is 0 Å². The SMILES string of the molecule is CC1CCC(O)(CNC2CCC(C(C)(C)C)CC2)CC1. The monoisotopic (exact) mass is 281 g/mol. The molecule has 118 valence electrons. The van der Waals surface area contributed by atoms with Crippen LogP contribution in [0.15, 0.2) is 0 Å². The number of hydrogen-bond acceptors (Lipinski definition) is 2. The van der Waals surface area contributed by atoms with E-state index in [1.165, 1.54) is 38.5 Å². The molecule has 0 atom stereocenters. The van der Waals surface area contributed by atoms with Crippen molar-refractivity contribution in [3.63, 3.8) is 0 Å². The van der Waals surface area contributed by atoms with Gasteiger partial charge in [0, 0.05) is 12.6 Å². The fourth-order valence-electron chi connectivity index (χ4n) is 3.97. The molecular formula is C18H35NO. The Morgan fingerprint density at radius 1 is 1.00 bits per heavy atom. The predicted molar refractivity (Wildman–Crippen MR) is 85.8 cm³/mol. The van der Waals surface area contributed by atoms with Crippen molar-refractivity contribution in [3.8, 4) is 0 Å². The van der Waals surface area contributed by atoms with Crippen molar-refractivity contribution in [1.29, 1.82) is 0 Å². The lowest BCUT2D eigenvalue weighted by Crippen LogP contribution is -2.47.